The lowest BCUT2D eigenvalue weighted by molar-refractivity contribution is 0.102. The number of hydrogen-bond donors (Lipinski definition) is 2. The zero-order valence-electron chi connectivity index (χ0n) is 18.5. The Labute approximate surface area is 192 Å². The Kier molecular flexibility index (Phi) is 7.65. The summed E-state index contributed by atoms with van der Waals surface area (Å²) in [5, 5.41) is 2.68. The molecule has 3 aromatic rings. The Balaban J connectivity index is 1.76. The Morgan fingerprint density at radius 3 is 2.36 bits per heavy atom. The average Bonchev–Trinajstić information content (AvgIpc) is 2.83. The van der Waals surface area contributed by atoms with E-state index in [9.17, 15) is 9.18 Å². The van der Waals surface area contributed by atoms with Gasteiger partial charge in [0.15, 0.2) is 0 Å². The van der Waals surface area contributed by atoms with Crippen LogP contribution in [0.2, 0.25) is 0 Å². The number of carbonyl (C=O) groups is 1. The normalized spacial score (nSPS) is 12.1. The molecule has 166 valence electrons. The van der Waals surface area contributed by atoms with Gasteiger partial charge in [-0.05, 0) is 48.8 Å². The monoisotopic (exact) mass is 440 g/mol. The molecule has 5 nitrogen and oxygen atoms in total. The fourth-order valence-corrected chi connectivity index (χ4v) is 3.22. The number of aromatic nitrogens is 2. The molecule has 33 heavy (non-hydrogen) atoms. The number of hydrogen-bond acceptors (Lipinski definition) is 4. The molecule has 0 saturated carbocycles. The minimum Gasteiger partial charge on any atom is -0.398 e. The summed E-state index contributed by atoms with van der Waals surface area (Å²) in [7, 11) is 0. The van der Waals surface area contributed by atoms with Crippen molar-refractivity contribution in [3.05, 3.63) is 126 Å². The van der Waals surface area contributed by atoms with Crippen molar-refractivity contribution in [1.29, 1.82) is 0 Å². The lowest BCUT2D eigenvalue weighted by Crippen LogP contribution is -2.15. The number of halogens is 1. The molecule has 3 rings (SSSR count). The van der Waals surface area contributed by atoms with Gasteiger partial charge in [-0.15, -0.1) is 0 Å². The van der Waals surface area contributed by atoms with Crippen LogP contribution in [0.4, 0.5) is 10.2 Å². The van der Waals surface area contributed by atoms with Crippen molar-refractivity contribution >= 4 is 23.0 Å². The fraction of sp³-hybridized carbons (Fsp3) is 0.0741. The molecule has 1 aromatic carbocycles. The third kappa shape index (κ3) is 5.68. The zero-order valence-corrected chi connectivity index (χ0v) is 18.5. The van der Waals surface area contributed by atoms with Crippen LogP contribution in [0, 0.1) is 12.7 Å². The van der Waals surface area contributed by atoms with Crippen LogP contribution in [-0.2, 0) is 0 Å². The molecular formula is C27H25FN4O. The van der Waals surface area contributed by atoms with Crippen LogP contribution in [0.3, 0.4) is 0 Å². The number of benzene rings is 1. The second-order valence-corrected chi connectivity index (χ2v) is 7.20. The van der Waals surface area contributed by atoms with Gasteiger partial charge >= 0.3 is 0 Å². The number of rotatable bonds is 7. The highest BCUT2D eigenvalue weighted by Gasteiger charge is 2.14. The molecule has 0 aliphatic heterocycles. The van der Waals surface area contributed by atoms with Crippen LogP contribution >= 0.6 is 0 Å². The summed E-state index contributed by atoms with van der Waals surface area (Å²) in [6, 6.07) is 11.5. The van der Waals surface area contributed by atoms with Crippen LogP contribution in [0.15, 0.2) is 91.9 Å². The maximum atomic E-state index is 13.7. The number of anilines is 1. The first-order valence-electron chi connectivity index (χ1n) is 10.3. The van der Waals surface area contributed by atoms with Crippen LogP contribution in [0.1, 0.15) is 39.5 Å². The Bertz CT molecular complexity index is 1240. The van der Waals surface area contributed by atoms with Crippen molar-refractivity contribution in [2.75, 3.05) is 5.32 Å². The van der Waals surface area contributed by atoms with Gasteiger partial charge in [0.1, 0.15) is 11.6 Å². The molecule has 1 amide bonds. The predicted octanol–water partition coefficient (Wildman–Crippen LogP) is 5.67. The molecule has 0 radical (unpaired) electrons. The highest BCUT2D eigenvalue weighted by Crippen LogP contribution is 2.25. The van der Waals surface area contributed by atoms with Crippen LogP contribution in [0.5, 0.6) is 0 Å². The summed E-state index contributed by atoms with van der Waals surface area (Å²) < 4.78 is 13.7. The number of pyridine rings is 2. The minimum absolute atomic E-state index is 0.170. The molecule has 2 heterocycles. The Morgan fingerprint density at radius 1 is 1.03 bits per heavy atom. The van der Waals surface area contributed by atoms with Crippen molar-refractivity contribution in [2.24, 2.45) is 5.73 Å². The summed E-state index contributed by atoms with van der Waals surface area (Å²) in [5.41, 5.74) is 11.0. The van der Waals surface area contributed by atoms with Gasteiger partial charge in [-0.25, -0.2) is 9.37 Å². The van der Waals surface area contributed by atoms with Crippen molar-refractivity contribution in [3.63, 3.8) is 0 Å². The van der Waals surface area contributed by atoms with E-state index in [4.69, 9.17) is 5.73 Å². The molecule has 0 unspecified atom stereocenters. The minimum atomic E-state index is -0.528. The largest absolute Gasteiger partial charge is 0.398 e. The van der Waals surface area contributed by atoms with Gasteiger partial charge in [0.05, 0.1) is 11.8 Å². The van der Waals surface area contributed by atoms with E-state index in [1.807, 2.05) is 61.6 Å². The quantitative estimate of drug-likeness (QED) is 0.464. The lowest BCUT2D eigenvalue weighted by Gasteiger charge is -2.11. The zero-order chi connectivity index (χ0) is 23.8. The first kappa shape index (κ1) is 23.3. The molecule has 6 heteroatoms. The van der Waals surface area contributed by atoms with Crippen molar-refractivity contribution < 1.29 is 9.18 Å². The molecule has 3 N–H and O–H groups in total. The van der Waals surface area contributed by atoms with Crippen LogP contribution in [0.25, 0.3) is 11.3 Å². The highest BCUT2D eigenvalue weighted by atomic mass is 19.1. The van der Waals surface area contributed by atoms with Gasteiger partial charge in [0.2, 0.25) is 0 Å². The van der Waals surface area contributed by atoms with Crippen molar-refractivity contribution in [3.8, 4) is 0 Å². The highest BCUT2D eigenvalue weighted by molar-refractivity contribution is 6.04. The van der Waals surface area contributed by atoms with Gasteiger partial charge < -0.3 is 11.1 Å². The van der Waals surface area contributed by atoms with Crippen molar-refractivity contribution in [1.82, 2.24) is 9.97 Å². The first-order valence-corrected chi connectivity index (χ1v) is 10.3. The second-order valence-electron chi connectivity index (χ2n) is 7.20. The van der Waals surface area contributed by atoms with E-state index >= 15 is 0 Å². The van der Waals surface area contributed by atoms with Gasteiger partial charge in [-0.1, -0.05) is 55.1 Å². The summed E-state index contributed by atoms with van der Waals surface area (Å²) in [4.78, 5) is 20.5. The smallest absolute Gasteiger partial charge is 0.258 e. The number of nitrogens with one attached hydrogen (secondary N) is 1. The second kappa shape index (κ2) is 10.8. The van der Waals surface area contributed by atoms with Gasteiger partial charge in [-0.3, -0.25) is 9.78 Å². The molecule has 0 fully saturated rings. The van der Waals surface area contributed by atoms with E-state index in [2.05, 4.69) is 21.9 Å². The predicted molar refractivity (Wildman–Crippen MR) is 132 cm³/mol. The first-order chi connectivity index (χ1) is 15.9. The van der Waals surface area contributed by atoms with Crippen LogP contribution in [-0.4, -0.2) is 15.9 Å². The van der Waals surface area contributed by atoms with E-state index in [0.29, 0.717) is 11.5 Å². The van der Waals surface area contributed by atoms with E-state index in [1.165, 1.54) is 13.1 Å². The maximum Gasteiger partial charge on any atom is 0.258 e. The van der Waals surface area contributed by atoms with E-state index in [-0.39, 0.29) is 11.1 Å². The molecule has 0 spiro atoms. The van der Waals surface area contributed by atoms with Crippen molar-refractivity contribution in [2.45, 2.75) is 13.8 Å². The summed E-state index contributed by atoms with van der Waals surface area (Å²) >= 11 is 0. The Hall–Kier alpha value is -4.32. The third-order valence-corrected chi connectivity index (χ3v) is 5.06. The number of nitrogens with two attached hydrogens (primary N) is 1. The summed E-state index contributed by atoms with van der Waals surface area (Å²) in [6.45, 7) is 7.12. The number of nitrogens with zero attached hydrogens (tertiary/aromatic N) is 2. The average molecular weight is 441 g/mol. The van der Waals surface area contributed by atoms with Gasteiger partial charge in [-0.2, -0.15) is 0 Å². The number of carbonyl (C=O) groups excluding carboxylic acids is 1. The molecule has 0 saturated heterocycles. The standard InChI is InChI=1S/C27H25FN4O/c1-4-6-7-8-25(29)20-11-9-19(10-12-20)22(5-2)21-13-14-26(31-15-21)32-27(33)23-16-30-17-24(28)18(23)3/h4-17H,1,29H2,2-3H3,(H,31,32,33)/b7-6-,22-5-,25-8-. The molecule has 0 aliphatic rings. The third-order valence-electron chi connectivity index (χ3n) is 5.06. The Morgan fingerprint density at radius 2 is 1.73 bits per heavy atom. The lowest BCUT2D eigenvalue weighted by atomic mass is 9.97. The molecule has 0 bridgehead atoms. The molecule has 0 atom stereocenters. The molecular weight excluding hydrogens is 415 g/mol. The molecule has 0 aliphatic carbocycles. The van der Waals surface area contributed by atoms with Crippen LogP contribution < -0.4 is 11.1 Å². The fourth-order valence-electron chi connectivity index (χ4n) is 3.22. The summed E-state index contributed by atoms with van der Waals surface area (Å²) in [5.74, 6) is -0.626. The number of allylic oxidation sites excluding steroid dienone is 5. The topological polar surface area (TPSA) is 80.9 Å². The maximum absolute atomic E-state index is 13.7. The summed E-state index contributed by atoms with van der Waals surface area (Å²) in [6.07, 6.45) is 13.3. The SMILES string of the molecule is C=C/C=C\C=C(/N)c1ccc(/C(=C/C)c2ccc(NC(=O)c3cncc(F)c3C)nc2)cc1. The van der Waals surface area contributed by atoms with Gasteiger partial charge in [0.25, 0.3) is 5.91 Å². The molecule has 2 aromatic heterocycles. The van der Waals surface area contributed by atoms with E-state index < -0.39 is 11.7 Å². The van der Waals surface area contributed by atoms with E-state index in [1.54, 1.807) is 18.3 Å². The van der Waals surface area contributed by atoms with Gasteiger partial charge in [0, 0.05) is 29.2 Å². The number of amides is 1. The van der Waals surface area contributed by atoms with E-state index in [0.717, 1.165) is 28.5 Å².